The summed E-state index contributed by atoms with van der Waals surface area (Å²) in [6, 6.07) is 3.49. The van der Waals surface area contributed by atoms with Crippen LogP contribution in [0.15, 0.2) is 12.1 Å². The molecular weight excluding hydrogens is 207 g/mol. The van der Waals surface area contributed by atoms with E-state index in [1.807, 2.05) is 6.92 Å². The zero-order valence-corrected chi connectivity index (χ0v) is 8.86. The molecular formula is C9H12Cl2N2. The van der Waals surface area contributed by atoms with Crippen LogP contribution < -0.4 is 11.5 Å². The van der Waals surface area contributed by atoms with E-state index in [4.69, 9.17) is 34.7 Å². The summed E-state index contributed by atoms with van der Waals surface area (Å²) in [5, 5.41) is 0.929. The summed E-state index contributed by atoms with van der Waals surface area (Å²) in [5.41, 5.74) is 12.7. The van der Waals surface area contributed by atoms with Crippen LogP contribution in [0.4, 0.5) is 5.69 Å². The van der Waals surface area contributed by atoms with Gasteiger partial charge >= 0.3 is 0 Å². The number of hydrogen-bond donors (Lipinski definition) is 2. The maximum absolute atomic E-state index is 5.86. The zero-order chi connectivity index (χ0) is 10.0. The van der Waals surface area contributed by atoms with Crippen LogP contribution in [-0.2, 0) is 0 Å². The van der Waals surface area contributed by atoms with Crippen LogP contribution in [-0.4, -0.2) is 0 Å². The first-order valence-corrected chi connectivity index (χ1v) is 4.81. The lowest BCUT2D eigenvalue weighted by molar-refractivity contribution is 0.699. The third-order valence-electron chi connectivity index (χ3n) is 1.97. The lowest BCUT2D eigenvalue weighted by Crippen LogP contribution is -2.08. The molecule has 4 heteroatoms. The quantitative estimate of drug-likeness (QED) is 0.751. The summed E-state index contributed by atoms with van der Waals surface area (Å²) in [4.78, 5) is 0. The summed E-state index contributed by atoms with van der Waals surface area (Å²) < 4.78 is 0. The van der Waals surface area contributed by atoms with Crippen molar-refractivity contribution in [2.45, 2.75) is 19.4 Å². The topological polar surface area (TPSA) is 52.0 Å². The predicted molar refractivity (Wildman–Crippen MR) is 58.1 cm³/mol. The molecule has 0 fully saturated rings. The first kappa shape index (κ1) is 10.6. The second-order valence-corrected chi connectivity index (χ2v) is 3.73. The summed E-state index contributed by atoms with van der Waals surface area (Å²) in [6.07, 6.45) is 0.844. The third-order valence-corrected chi connectivity index (χ3v) is 2.59. The number of anilines is 1. The molecule has 0 unspecified atom stereocenters. The molecule has 0 heterocycles. The molecule has 1 aromatic carbocycles. The number of nitrogens with two attached hydrogens (primary N) is 2. The Balaban J connectivity index is 3.13. The predicted octanol–water partition coefficient (Wildman–Crippen LogP) is 2.99. The fourth-order valence-corrected chi connectivity index (χ4v) is 1.56. The fraction of sp³-hybridized carbons (Fsp3) is 0.333. The van der Waals surface area contributed by atoms with E-state index in [1.54, 1.807) is 12.1 Å². The molecule has 0 amide bonds. The molecule has 0 saturated heterocycles. The summed E-state index contributed by atoms with van der Waals surface area (Å²) in [7, 11) is 0. The standard InChI is InChI=1S/C9H12Cl2N2/c1-2-8(12)5-3-6(10)9(13)7(11)4-5/h3-4,8H,2,12-13H2,1H3/t8-/m1/s1. The molecule has 0 spiro atoms. The molecule has 0 radical (unpaired) electrons. The molecule has 1 atom stereocenters. The van der Waals surface area contributed by atoms with Crippen molar-refractivity contribution in [3.8, 4) is 0 Å². The van der Waals surface area contributed by atoms with Gasteiger partial charge in [-0.05, 0) is 24.1 Å². The maximum atomic E-state index is 5.86. The van der Waals surface area contributed by atoms with E-state index in [9.17, 15) is 0 Å². The first-order valence-electron chi connectivity index (χ1n) is 4.06. The van der Waals surface area contributed by atoms with Gasteiger partial charge in [0.2, 0.25) is 0 Å². The van der Waals surface area contributed by atoms with E-state index in [0.29, 0.717) is 15.7 Å². The molecule has 13 heavy (non-hydrogen) atoms. The summed E-state index contributed by atoms with van der Waals surface area (Å²) >= 11 is 11.7. The van der Waals surface area contributed by atoms with Gasteiger partial charge in [-0.3, -0.25) is 0 Å². The van der Waals surface area contributed by atoms with Gasteiger partial charge in [0.15, 0.2) is 0 Å². The van der Waals surface area contributed by atoms with Crippen LogP contribution in [0, 0.1) is 0 Å². The molecule has 1 aromatic rings. The molecule has 1 rings (SSSR count). The molecule has 72 valence electrons. The molecule has 0 saturated carbocycles. The Bertz CT molecular complexity index is 289. The number of hydrogen-bond acceptors (Lipinski definition) is 2. The van der Waals surface area contributed by atoms with Crippen LogP contribution in [0.1, 0.15) is 24.9 Å². The number of rotatable bonds is 2. The average molecular weight is 219 g/mol. The average Bonchev–Trinajstić information content (AvgIpc) is 2.12. The van der Waals surface area contributed by atoms with E-state index in [2.05, 4.69) is 0 Å². The van der Waals surface area contributed by atoms with E-state index in [0.717, 1.165) is 12.0 Å². The zero-order valence-electron chi connectivity index (χ0n) is 7.35. The molecule has 0 aromatic heterocycles. The Hall–Kier alpha value is -0.440. The Morgan fingerprint density at radius 3 is 2.15 bits per heavy atom. The molecule has 0 bridgehead atoms. The second kappa shape index (κ2) is 4.18. The lowest BCUT2D eigenvalue weighted by Gasteiger charge is -2.11. The lowest BCUT2D eigenvalue weighted by atomic mass is 10.1. The minimum absolute atomic E-state index is 0.0319. The van der Waals surface area contributed by atoms with Gasteiger partial charge in [0.05, 0.1) is 15.7 Å². The molecule has 0 aliphatic carbocycles. The van der Waals surface area contributed by atoms with Crippen LogP contribution in [0.2, 0.25) is 10.0 Å². The first-order chi connectivity index (χ1) is 6.06. The molecule has 2 nitrogen and oxygen atoms in total. The monoisotopic (exact) mass is 218 g/mol. The second-order valence-electron chi connectivity index (χ2n) is 2.91. The van der Waals surface area contributed by atoms with Gasteiger partial charge in [-0.25, -0.2) is 0 Å². The fourth-order valence-electron chi connectivity index (χ4n) is 1.05. The van der Waals surface area contributed by atoms with Crippen molar-refractivity contribution < 1.29 is 0 Å². The van der Waals surface area contributed by atoms with Crippen molar-refractivity contribution in [3.05, 3.63) is 27.7 Å². The number of benzene rings is 1. The van der Waals surface area contributed by atoms with Crippen LogP contribution in [0.5, 0.6) is 0 Å². The van der Waals surface area contributed by atoms with E-state index in [-0.39, 0.29) is 6.04 Å². The highest BCUT2D eigenvalue weighted by Gasteiger charge is 2.08. The molecule has 4 N–H and O–H groups in total. The van der Waals surface area contributed by atoms with Crippen molar-refractivity contribution in [1.82, 2.24) is 0 Å². The van der Waals surface area contributed by atoms with Crippen LogP contribution in [0.25, 0.3) is 0 Å². The minimum Gasteiger partial charge on any atom is -0.396 e. The van der Waals surface area contributed by atoms with Gasteiger partial charge in [0.25, 0.3) is 0 Å². The van der Waals surface area contributed by atoms with Gasteiger partial charge < -0.3 is 11.5 Å². The number of halogens is 2. The van der Waals surface area contributed by atoms with Gasteiger partial charge in [-0.15, -0.1) is 0 Å². The van der Waals surface area contributed by atoms with E-state index < -0.39 is 0 Å². The van der Waals surface area contributed by atoms with E-state index in [1.165, 1.54) is 0 Å². The van der Waals surface area contributed by atoms with E-state index >= 15 is 0 Å². The largest absolute Gasteiger partial charge is 0.396 e. The SMILES string of the molecule is CC[C@@H](N)c1cc(Cl)c(N)c(Cl)c1. The van der Waals surface area contributed by atoms with Crippen molar-refractivity contribution in [2.24, 2.45) is 5.73 Å². The maximum Gasteiger partial charge on any atom is 0.0693 e. The normalized spacial score (nSPS) is 12.9. The summed E-state index contributed by atoms with van der Waals surface area (Å²) in [5.74, 6) is 0. The minimum atomic E-state index is -0.0319. The highest BCUT2D eigenvalue weighted by atomic mass is 35.5. The molecule has 0 aliphatic heterocycles. The van der Waals surface area contributed by atoms with Crippen molar-refractivity contribution in [2.75, 3.05) is 5.73 Å². The Kier molecular flexibility index (Phi) is 3.42. The highest BCUT2D eigenvalue weighted by molar-refractivity contribution is 6.38. The Labute approximate surface area is 87.8 Å². The third kappa shape index (κ3) is 2.27. The Morgan fingerprint density at radius 2 is 1.77 bits per heavy atom. The Morgan fingerprint density at radius 1 is 1.31 bits per heavy atom. The smallest absolute Gasteiger partial charge is 0.0693 e. The number of nitrogen functional groups attached to an aromatic ring is 1. The van der Waals surface area contributed by atoms with Crippen LogP contribution >= 0.6 is 23.2 Å². The van der Waals surface area contributed by atoms with Gasteiger partial charge in [0.1, 0.15) is 0 Å². The summed E-state index contributed by atoms with van der Waals surface area (Å²) in [6.45, 7) is 2.00. The van der Waals surface area contributed by atoms with Crippen LogP contribution in [0.3, 0.4) is 0 Å². The molecule has 0 aliphatic rings. The van der Waals surface area contributed by atoms with Crippen molar-refractivity contribution >= 4 is 28.9 Å². The van der Waals surface area contributed by atoms with Gasteiger partial charge in [-0.2, -0.15) is 0 Å². The highest BCUT2D eigenvalue weighted by Crippen LogP contribution is 2.31. The van der Waals surface area contributed by atoms with Gasteiger partial charge in [0, 0.05) is 6.04 Å². The van der Waals surface area contributed by atoms with Crippen molar-refractivity contribution in [3.63, 3.8) is 0 Å². The van der Waals surface area contributed by atoms with Gasteiger partial charge in [-0.1, -0.05) is 30.1 Å². The van der Waals surface area contributed by atoms with Crippen molar-refractivity contribution in [1.29, 1.82) is 0 Å².